The fourth-order valence-corrected chi connectivity index (χ4v) is 6.51. The molecule has 4 rings (SSSR count). The zero-order valence-electron chi connectivity index (χ0n) is 22.4. The van der Waals surface area contributed by atoms with E-state index in [4.69, 9.17) is 4.74 Å². The maximum atomic E-state index is 13.5. The van der Waals surface area contributed by atoms with Crippen LogP contribution in [0.15, 0.2) is 53.5 Å². The summed E-state index contributed by atoms with van der Waals surface area (Å²) in [7, 11) is -1.87. The third-order valence-corrected chi connectivity index (χ3v) is 8.81. The molecule has 0 bridgehead atoms. The molecule has 10 nitrogen and oxygen atoms in total. The van der Waals surface area contributed by atoms with Crippen molar-refractivity contribution in [3.05, 3.63) is 65.2 Å². The van der Waals surface area contributed by atoms with Gasteiger partial charge < -0.3 is 9.84 Å². The topological polar surface area (TPSA) is 115 Å². The van der Waals surface area contributed by atoms with Crippen LogP contribution in [-0.2, 0) is 21.4 Å². The van der Waals surface area contributed by atoms with Crippen molar-refractivity contribution in [3.8, 4) is 5.75 Å². The number of ether oxygens (including phenoxy) is 1. The van der Waals surface area contributed by atoms with Gasteiger partial charge in [0.05, 0.1) is 19.2 Å². The molecule has 206 valence electrons. The normalized spacial score (nSPS) is 19.9. The second-order valence-electron chi connectivity index (χ2n) is 10.0. The Kier molecular flexibility index (Phi) is 8.59. The number of hydrogen-bond donors (Lipinski definition) is 2. The van der Waals surface area contributed by atoms with E-state index in [1.165, 1.54) is 16.7 Å². The number of aliphatic carboxylic acids is 1. The molecule has 0 saturated carbocycles. The van der Waals surface area contributed by atoms with Crippen LogP contribution in [0.5, 0.6) is 5.75 Å². The van der Waals surface area contributed by atoms with E-state index in [0.29, 0.717) is 18.6 Å². The number of rotatable bonds is 10. The van der Waals surface area contributed by atoms with Crippen molar-refractivity contribution in [1.29, 1.82) is 0 Å². The van der Waals surface area contributed by atoms with Crippen LogP contribution in [0.1, 0.15) is 62.1 Å². The Hall–Kier alpha value is -3.15. The Bertz CT molecular complexity index is 1300. The number of hydrazine groups is 2. The predicted molar refractivity (Wildman–Crippen MR) is 143 cm³/mol. The molecule has 0 fully saturated rings. The molecular formula is C27H37N5O5S. The van der Waals surface area contributed by atoms with Gasteiger partial charge in [0.15, 0.2) is 0 Å². The summed E-state index contributed by atoms with van der Waals surface area (Å²) in [5, 5.41) is 13.7. The lowest BCUT2D eigenvalue weighted by atomic mass is 9.88. The third kappa shape index (κ3) is 6.28. The number of nitrogens with one attached hydrogen (secondary N) is 1. The van der Waals surface area contributed by atoms with Gasteiger partial charge in [0.1, 0.15) is 16.7 Å². The first-order chi connectivity index (χ1) is 18.1. The molecule has 0 radical (unpaired) electrons. The molecule has 38 heavy (non-hydrogen) atoms. The van der Waals surface area contributed by atoms with Crippen molar-refractivity contribution in [2.24, 2.45) is 0 Å². The number of allylic oxidation sites excluding steroid dienone is 1. The summed E-state index contributed by atoms with van der Waals surface area (Å²) in [6.45, 7) is 7.14. The number of nitrogens with zero attached hydrogens (tertiary/aromatic N) is 4. The van der Waals surface area contributed by atoms with E-state index in [9.17, 15) is 18.3 Å². The molecule has 2 atom stereocenters. The molecule has 1 aromatic heterocycles. The molecule has 2 aliphatic heterocycles. The number of aryl methyl sites for hydroxylation is 1. The van der Waals surface area contributed by atoms with Gasteiger partial charge in [-0.2, -0.15) is 4.31 Å². The number of hydrogen-bond acceptors (Lipinski definition) is 8. The largest absolute Gasteiger partial charge is 0.488 e. The van der Waals surface area contributed by atoms with Crippen LogP contribution < -0.4 is 10.3 Å². The SMILES string of the molecule is CCCN1C=C(CCC(CC(=O)O)c2ccc(C)c(CN3C[C@@H](C)Oc4ccncc4S3(=O)=O)c2)N(C)N1. The predicted octanol–water partition coefficient (Wildman–Crippen LogP) is 3.62. The first kappa shape index (κ1) is 27.9. The minimum Gasteiger partial charge on any atom is -0.488 e. The van der Waals surface area contributed by atoms with Gasteiger partial charge in [-0.05, 0) is 61.8 Å². The lowest BCUT2D eigenvalue weighted by molar-refractivity contribution is -0.137. The highest BCUT2D eigenvalue weighted by Gasteiger charge is 2.34. The molecule has 1 unspecified atom stereocenters. The molecule has 3 heterocycles. The summed E-state index contributed by atoms with van der Waals surface area (Å²) in [6, 6.07) is 7.45. The number of carboxylic acid groups (broad SMARTS) is 1. The highest BCUT2D eigenvalue weighted by Crippen LogP contribution is 2.33. The van der Waals surface area contributed by atoms with E-state index in [0.717, 1.165) is 35.4 Å². The van der Waals surface area contributed by atoms with Crippen molar-refractivity contribution >= 4 is 16.0 Å². The summed E-state index contributed by atoms with van der Waals surface area (Å²) in [5.74, 6) is -0.767. The van der Waals surface area contributed by atoms with Crippen molar-refractivity contribution in [2.75, 3.05) is 20.1 Å². The van der Waals surface area contributed by atoms with E-state index in [1.54, 1.807) is 6.07 Å². The number of aromatic nitrogens is 1. The van der Waals surface area contributed by atoms with Crippen LogP contribution in [0.3, 0.4) is 0 Å². The highest BCUT2D eigenvalue weighted by molar-refractivity contribution is 7.89. The second-order valence-corrected chi connectivity index (χ2v) is 11.9. The highest BCUT2D eigenvalue weighted by atomic mass is 32.2. The van der Waals surface area contributed by atoms with E-state index < -0.39 is 16.0 Å². The first-order valence-corrected chi connectivity index (χ1v) is 14.4. The fourth-order valence-electron chi connectivity index (χ4n) is 4.95. The van der Waals surface area contributed by atoms with Crippen molar-refractivity contribution in [3.63, 3.8) is 0 Å². The Morgan fingerprint density at radius 2 is 2.11 bits per heavy atom. The monoisotopic (exact) mass is 543 g/mol. The zero-order valence-corrected chi connectivity index (χ0v) is 23.2. The second kappa shape index (κ2) is 11.7. The van der Waals surface area contributed by atoms with Crippen LogP contribution in [0.25, 0.3) is 0 Å². The van der Waals surface area contributed by atoms with Gasteiger partial charge in [-0.3, -0.25) is 19.8 Å². The maximum absolute atomic E-state index is 13.5. The van der Waals surface area contributed by atoms with Gasteiger partial charge in [0.25, 0.3) is 0 Å². The van der Waals surface area contributed by atoms with E-state index in [-0.39, 0.29) is 36.4 Å². The lowest BCUT2D eigenvalue weighted by Gasteiger charge is -2.24. The summed E-state index contributed by atoms with van der Waals surface area (Å²) in [4.78, 5) is 15.8. The van der Waals surface area contributed by atoms with Crippen molar-refractivity contribution in [2.45, 2.75) is 69.9 Å². The minimum absolute atomic E-state index is 0.00245. The molecule has 1 aromatic carbocycles. The number of carbonyl (C=O) groups is 1. The zero-order chi connectivity index (χ0) is 27.4. The Balaban J connectivity index is 1.58. The summed E-state index contributed by atoms with van der Waals surface area (Å²) in [6.07, 6.45) is 6.95. The quantitative estimate of drug-likeness (QED) is 0.464. The van der Waals surface area contributed by atoms with Gasteiger partial charge in [-0.25, -0.2) is 8.42 Å². The molecule has 2 N–H and O–H groups in total. The average molecular weight is 544 g/mol. The molecule has 0 spiro atoms. The molecule has 0 saturated heterocycles. The number of pyridine rings is 1. The molecule has 2 aliphatic rings. The van der Waals surface area contributed by atoms with Gasteiger partial charge in [-0.15, -0.1) is 5.53 Å². The van der Waals surface area contributed by atoms with Gasteiger partial charge in [-0.1, -0.05) is 25.1 Å². The Morgan fingerprint density at radius 1 is 1.32 bits per heavy atom. The standard InChI is InChI=1S/C27H37N5O5S/c1-5-12-31-18-24(30(4)29-31)9-8-22(14-27(33)34)21-7-6-19(2)23(13-21)17-32-16-20(3)37-25-10-11-28-15-26(25)38(32,35)36/h6-7,10-11,13,15,18,20,22,29H,5,8-9,12,14,16-17H2,1-4H3,(H,33,34)/t20-,22?/m1/s1. The van der Waals surface area contributed by atoms with Crippen molar-refractivity contribution < 1.29 is 23.1 Å². The van der Waals surface area contributed by atoms with E-state index in [1.807, 2.05) is 49.1 Å². The van der Waals surface area contributed by atoms with Gasteiger partial charge in [0.2, 0.25) is 10.0 Å². The van der Waals surface area contributed by atoms with E-state index in [2.05, 4.69) is 23.6 Å². The first-order valence-electron chi connectivity index (χ1n) is 13.0. The summed E-state index contributed by atoms with van der Waals surface area (Å²) in [5.41, 5.74) is 7.05. The third-order valence-electron chi connectivity index (χ3n) is 6.99. The smallest absolute Gasteiger partial charge is 0.303 e. The van der Waals surface area contributed by atoms with Gasteiger partial charge >= 0.3 is 5.97 Å². The molecule has 2 aromatic rings. The Labute approximate surface area is 224 Å². The minimum atomic E-state index is -3.83. The van der Waals surface area contributed by atoms with Crippen LogP contribution >= 0.6 is 0 Å². The lowest BCUT2D eigenvalue weighted by Crippen LogP contribution is -2.38. The number of benzene rings is 1. The summed E-state index contributed by atoms with van der Waals surface area (Å²) >= 11 is 0. The number of carboxylic acids is 1. The summed E-state index contributed by atoms with van der Waals surface area (Å²) < 4.78 is 34.3. The van der Waals surface area contributed by atoms with Crippen LogP contribution in [-0.4, -0.2) is 65.0 Å². The van der Waals surface area contributed by atoms with Crippen LogP contribution in [0, 0.1) is 6.92 Å². The average Bonchev–Trinajstić information content (AvgIpc) is 3.17. The molecular weight excluding hydrogens is 506 g/mol. The number of fused-ring (bicyclic) bond motifs is 1. The maximum Gasteiger partial charge on any atom is 0.303 e. The van der Waals surface area contributed by atoms with Crippen LogP contribution in [0.2, 0.25) is 0 Å². The van der Waals surface area contributed by atoms with Crippen molar-refractivity contribution in [1.82, 2.24) is 24.8 Å². The number of sulfonamides is 1. The molecule has 11 heteroatoms. The fraction of sp³-hybridized carbons (Fsp3) is 0.481. The van der Waals surface area contributed by atoms with E-state index >= 15 is 0 Å². The molecule has 0 amide bonds. The Morgan fingerprint density at radius 3 is 2.84 bits per heavy atom. The van der Waals surface area contributed by atoms with Gasteiger partial charge in [0, 0.05) is 38.2 Å². The van der Waals surface area contributed by atoms with Crippen LogP contribution in [0.4, 0.5) is 0 Å². The molecule has 0 aliphatic carbocycles.